The molecular formula is C82H107F7N26O30. The predicted octanol–water partition coefficient (Wildman–Crippen LogP) is -6.40. The average Bonchev–Trinajstić information content (AvgIpc) is 1.55. The molecule has 12 aliphatic heterocycles. The van der Waals surface area contributed by atoms with E-state index in [4.69, 9.17) is 77.4 Å². The second kappa shape index (κ2) is 43.0. The SMILES string of the molecule is C#C[C@]1(O)[C@H](n2cnc3c(=O)[nH]c(C)nc32)O[C@](F)(CO)[C@H]1O.C=C1N=C(N)C=CN1[C@@H]1O[C@@](CO)(CN=[N+]=[N-])[C@@H](O)[C@H]1F.C=C1N=C(N)C=CN1[C@@H]1O[C@](CC)(CO)[C@@H](O)C1(F)F.C=C1NC(=O)C=CN1[C@@H]1O[C@@](CO)(CN=[N+]=[N-])[C@@H](O)[C@H]1F.C=C1NC(=O)C=CN1[C@@H]1O[C@](C)(CO)[C@@H](O)[C@@]1(C)O.C=C1NC(=O)C=CN1[C@@H]1O[C@](F)(CO)[C@@H](O)[C@@]1(C)O.Cc1nc2c(ncn2[C@@H]2O[C@](F)(CO)[C@@H](O)[C@@]2(C)O)c(=O)[nH]1. The van der Waals surface area contributed by atoms with E-state index in [-0.39, 0.29) is 81.3 Å². The lowest BCUT2D eigenvalue weighted by Crippen LogP contribution is -2.54. The fourth-order valence-electron chi connectivity index (χ4n) is 16.4. The van der Waals surface area contributed by atoms with Crippen LogP contribution >= 0.6 is 0 Å². The zero-order valence-electron chi connectivity index (χ0n) is 77.6. The van der Waals surface area contributed by atoms with Crippen LogP contribution in [-0.4, -0.2) is 399 Å². The number of halogens is 7. The molecule has 16 heterocycles. The van der Waals surface area contributed by atoms with Crippen molar-refractivity contribution in [3.63, 3.8) is 0 Å². The van der Waals surface area contributed by atoms with Crippen LogP contribution in [0, 0.1) is 26.2 Å². The van der Waals surface area contributed by atoms with Crippen LogP contribution in [0.1, 0.15) is 65.1 Å². The number of H-pyrrole nitrogens is 2. The largest absolute Gasteiger partial charge is 0.393 e. The molecule has 794 valence electrons. The van der Waals surface area contributed by atoms with Crippen LogP contribution in [0.25, 0.3) is 43.2 Å². The number of aliphatic hydroxyl groups excluding tert-OH is 14. The Morgan fingerprint density at radius 1 is 0.476 bits per heavy atom. The lowest BCUT2D eigenvalue weighted by Gasteiger charge is -2.37. The number of aliphatic hydroxyl groups is 18. The number of hydrogen-bond donors (Lipinski definition) is 25. The summed E-state index contributed by atoms with van der Waals surface area (Å²) in [7, 11) is 0. The molecule has 7 fully saturated rings. The van der Waals surface area contributed by atoms with Crippen molar-refractivity contribution in [1.82, 2.24) is 79.5 Å². The minimum Gasteiger partial charge on any atom is -0.393 e. The summed E-state index contributed by atoms with van der Waals surface area (Å²) in [6.45, 7) is 20.8. The predicted molar refractivity (Wildman–Crippen MR) is 477 cm³/mol. The van der Waals surface area contributed by atoms with Crippen molar-refractivity contribution in [3.05, 3.63) is 189 Å². The number of aryl methyl sites for hydroxylation is 2. The number of hydrogen-bond acceptors (Lipinski definition) is 45. The Bertz CT molecular complexity index is 6020. The zero-order chi connectivity index (χ0) is 108. The van der Waals surface area contributed by atoms with Gasteiger partial charge in [-0.15, -0.1) is 6.42 Å². The quantitative estimate of drug-likeness (QED) is 0.0136. The normalized spacial score (nSPS) is 37.2. The number of aromatic nitrogens is 8. The number of carbonyl (C=O) groups excluding carboxylic acids is 3. The van der Waals surface area contributed by atoms with Gasteiger partial charge in [-0.1, -0.05) is 56.0 Å². The third-order valence-corrected chi connectivity index (χ3v) is 24.7. The first-order chi connectivity index (χ1) is 67.6. The van der Waals surface area contributed by atoms with Crippen LogP contribution in [0.15, 0.2) is 166 Å². The summed E-state index contributed by atoms with van der Waals surface area (Å²) in [5, 5.41) is 189. The van der Waals surface area contributed by atoms with Gasteiger partial charge in [0.15, 0.2) is 84.2 Å². The van der Waals surface area contributed by atoms with Crippen LogP contribution in [0.2, 0.25) is 0 Å². The summed E-state index contributed by atoms with van der Waals surface area (Å²) in [6.07, 6.45) is -6.07. The number of terminal acetylenes is 1. The first kappa shape index (κ1) is 114. The number of carbonyl (C=O) groups is 3. The molecule has 0 aromatic carbocycles. The summed E-state index contributed by atoms with van der Waals surface area (Å²) in [5.74, 6) is -10.1. The van der Waals surface area contributed by atoms with Crippen LogP contribution in [0.3, 0.4) is 0 Å². The molecule has 0 spiro atoms. The van der Waals surface area contributed by atoms with Crippen molar-refractivity contribution in [1.29, 1.82) is 0 Å². The van der Waals surface area contributed by atoms with E-state index >= 15 is 0 Å². The van der Waals surface area contributed by atoms with E-state index in [0.29, 0.717) is 5.82 Å². The number of ether oxygens (including phenoxy) is 7. The number of fused-ring (bicyclic) bond motifs is 2. The van der Waals surface area contributed by atoms with Crippen molar-refractivity contribution in [3.8, 4) is 12.3 Å². The minimum absolute atomic E-state index is 0.0140. The maximum atomic E-state index is 14.4. The lowest BCUT2D eigenvalue weighted by molar-refractivity contribution is -0.210. The number of aromatic amines is 2. The second-order valence-corrected chi connectivity index (χ2v) is 34.9. The molecule has 4 aromatic rings. The molecule has 3 amide bonds. The first-order valence-electron chi connectivity index (χ1n) is 42.7. The van der Waals surface area contributed by atoms with Gasteiger partial charge in [0.2, 0.25) is 11.8 Å². The summed E-state index contributed by atoms with van der Waals surface area (Å²) < 4.78 is 139. The Kier molecular flexibility index (Phi) is 33.9. The van der Waals surface area contributed by atoms with Gasteiger partial charge < -0.3 is 187 Å². The Morgan fingerprint density at radius 2 is 0.834 bits per heavy atom. The number of aliphatic imine (C=N–C) groups is 2. The molecule has 27 N–H and O–H groups in total. The molecule has 145 heavy (non-hydrogen) atoms. The molecule has 0 aliphatic carbocycles. The van der Waals surface area contributed by atoms with Crippen LogP contribution in [0.5, 0.6) is 0 Å². The summed E-state index contributed by atoms with van der Waals surface area (Å²) >= 11 is 0. The van der Waals surface area contributed by atoms with Crippen LogP contribution in [0.4, 0.5) is 30.7 Å². The van der Waals surface area contributed by atoms with E-state index in [0.717, 1.165) is 52.7 Å². The number of nitrogens with one attached hydrogen (secondary N) is 5. The number of imidazole rings is 2. The van der Waals surface area contributed by atoms with E-state index in [9.17, 15) is 131 Å². The van der Waals surface area contributed by atoms with Crippen molar-refractivity contribution >= 4 is 51.7 Å². The van der Waals surface area contributed by atoms with Gasteiger partial charge in [0, 0.05) is 59.1 Å². The Balaban J connectivity index is 0.000000174. The minimum atomic E-state index is -3.59. The molecule has 56 nitrogen and oxygen atoms in total. The number of nitrogens with two attached hydrogens (primary N) is 2. The number of amides is 3. The molecule has 12 aliphatic rings. The molecule has 27 atom stereocenters. The number of nitrogens with zero attached hydrogens (tertiary/aromatic N) is 19. The van der Waals surface area contributed by atoms with Crippen LogP contribution < -0.4 is 38.5 Å². The molecule has 4 aromatic heterocycles. The lowest BCUT2D eigenvalue weighted by atomic mass is 9.89. The fourth-order valence-corrected chi connectivity index (χ4v) is 16.4. The molecule has 16 rings (SSSR count). The highest BCUT2D eigenvalue weighted by Gasteiger charge is 2.70. The first-order valence-corrected chi connectivity index (χ1v) is 42.7. The van der Waals surface area contributed by atoms with Gasteiger partial charge in [-0.05, 0) is 71.2 Å². The van der Waals surface area contributed by atoms with Gasteiger partial charge >= 0.3 is 5.92 Å². The van der Waals surface area contributed by atoms with Gasteiger partial charge in [-0.25, -0.2) is 51.9 Å². The highest BCUT2D eigenvalue weighted by atomic mass is 19.3. The summed E-state index contributed by atoms with van der Waals surface area (Å²) in [4.78, 5) is 96.5. The second-order valence-electron chi connectivity index (χ2n) is 34.9. The summed E-state index contributed by atoms with van der Waals surface area (Å²) in [6, 6.07) is 0. The van der Waals surface area contributed by atoms with Crippen LogP contribution in [-0.2, 0) is 47.5 Å². The fraction of sp³-hybridized carbons (Fsp3) is 0.549. The summed E-state index contributed by atoms with van der Waals surface area (Å²) in [5.41, 5.74) is 11.9. The van der Waals surface area contributed by atoms with Gasteiger partial charge in [-0.2, -0.15) is 8.78 Å². The number of alkyl halides is 7. The van der Waals surface area contributed by atoms with Gasteiger partial charge in [0.05, 0.1) is 52.2 Å². The average molecular weight is 2070 g/mol. The highest BCUT2D eigenvalue weighted by molar-refractivity contribution is 5.93. The van der Waals surface area contributed by atoms with E-state index in [1.807, 2.05) is 5.92 Å². The third-order valence-electron chi connectivity index (χ3n) is 24.7. The van der Waals surface area contributed by atoms with E-state index in [1.54, 1.807) is 13.8 Å². The van der Waals surface area contributed by atoms with Gasteiger partial charge in [0.25, 0.3) is 46.4 Å². The maximum absolute atomic E-state index is 14.4. The molecular weight excluding hydrogens is 1960 g/mol. The Morgan fingerprint density at radius 3 is 1.19 bits per heavy atom. The third kappa shape index (κ3) is 21.3. The monoisotopic (exact) mass is 2070 g/mol. The smallest absolute Gasteiger partial charge is 0.320 e. The molecule has 0 saturated carbocycles. The van der Waals surface area contributed by atoms with Crippen molar-refractivity contribution in [2.24, 2.45) is 31.7 Å². The number of amidine groups is 2. The van der Waals surface area contributed by atoms with Crippen molar-refractivity contribution in [2.75, 3.05) is 59.3 Å². The van der Waals surface area contributed by atoms with Gasteiger partial charge in [-0.3, -0.25) is 33.1 Å². The highest BCUT2D eigenvalue weighted by Crippen LogP contribution is 2.51. The zero-order valence-corrected chi connectivity index (χ0v) is 77.6. The maximum Gasteiger partial charge on any atom is 0.320 e. The van der Waals surface area contributed by atoms with Crippen molar-refractivity contribution in [2.45, 2.75) is 222 Å². The number of rotatable bonds is 19. The number of azide groups is 2. The standard InChI is InChI=1S/C13H13FN4O5.C12H17F2N3O3.C12H15FN4O5.C12H18N2O5.C11H15FN6O3.C11H14FN5O4.C11H15FN2O5/c1-3-12(22)10(21)13(14,4-19)23-11(12)18-5-15-7-8(18)16-6(2)17-9(7)20;1-3-11(6-18)9(19)12(13,14)10(20-11)17-5-4-8(15)16-7(17)2;1-5-15-7-6(8(19)16-5)14-4-17(7)10-11(2,21)9(20)12(13,3-18)22-10;1-7-13-8(16)4-5-14(7)10-12(3,18)9(17)11(2,6-15)19-10;1-6-16-7(13)2-3-18(6)10-8(12)9(20)11(5-19,21-10)4-15-17-14;1-6-15-7(19)2-3-17(6)10-8(12)9(20)11(5-18,21-10)4-14-16-13;1-6-13-7(16)3-4-14(6)9-10(2,18)8(17)11(12,5-15)19-9/h1,5,10-11,19,21-22H,4H2,2H3,(H,16,17,20);4-5,9-10,18-19H,2-3,6H2,1H3,(H2,15,16);4,9-10,18,20-21H,3H2,1-2H3,(H,15,16,19);4-5,9-10,15,17-18H,1,6H2,2-3H3,(H,13,16);2-3,8-10,19-20H,1,4-5H2,(H2,13,16);2-3,8-10,18,20H,1,4-5H2,(H,15,19);3-4,8-9,15,17-18H,1,5H2,2H3,(H,13,16)/t10-,11+,12+,13+;9-,10-,11-;9-,10+,11+,12+;9-,10-,11-,12-;2*8-,9+,10-,11-;8-,9+,10+,11+/m0101110/s1. The molecule has 0 bridgehead atoms. The molecule has 63 heteroatoms. The van der Waals surface area contributed by atoms with E-state index < -0.39 is 249 Å². The Hall–Kier alpha value is -12.9. The van der Waals surface area contributed by atoms with Gasteiger partial charge in [0.1, 0.15) is 142 Å². The van der Waals surface area contributed by atoms with E-state index in [2.05, 4.69) is 109 Å². The topological polar surface area (TPSA) is 834 Å². The van der Waals surface area contributed by atoms with Crippen molar-refractivity contribution < 1.29 is 170 Å². The van der Waals surface area contributed by atoms with E-state index in [1.165, 1.54) is 89.6 Å². The molecule has 7 saturated heterocycles. The molecule has 0 unspecified atom stereocenters. The Labute approximate surface area is 813 Å². The molecule has 0 radical (unpaired) electrons.